The Kier molecular flexibility index (Phi) is 7.01. The first-order valence-corrected chi connectivity index (χ1v) is 6.63. The van der Waals surface area contributed by atoms with E-state index in [1.165, 1.54) is 0 Å². The van der Waals surface area contributed by atoms with Crippen molar-refractivity contribution < 1.29 is 12.6 Å². The molecule has 1 unspecified atom stereocenters. The van der Waals surface area contributed by atoms with Gasteiger partial charge in [0.2, 0.25) is 0 Å². The van der Waals surface area contributed by atoms with Crippen molar-refractivity contribution >= 4 is 10.1 Å². The van der Waals surface area contributed by atoms with E-state index in [2.05, 4.69) is 12.6 Å². The molecule has 0 amide bonds. The molecule has 0 saturated heterocycles. The summed E-state index contributed by atoms with van der Waals surface area (Å²) in [6, 6.07) is 2.05. The van der Waals surface area contributed by atoms with Crippen LogP contribution in [0.2, 0.25) is 0 Å². The molecule has 0 aromatic carbocycles. The Labute approximate surface area is 91.7 Å². The molecule has 1 atom stereocenters. The predicted octanol–water partition coefficient (Wildman–Crippen LogP) is 1.85. The van der Waals surface area contributed by atoms with Crippen molar-refractivity contribution in [2.24, 2.45) is 5.92 Å². The molecule has 15 heavy (non-hydrogen) atoms. The maximum atomic E-state index is 10.8. The molecule has 0 radical (unpaired) electrons. The van der Waals surface area contributed by atoms with Crippen LogP contribution in [0.25, 0.3) is 0 Å². The van der Waals surface area contributed by atoms with Gasteiger partial charge in [-0.25, -0.2) is 0 Å². The van der Waals surface area contributed by atoms with E-state index in [0.29, 0.717) is 12.8 Å². The number of hydrogen-bond acceptors (Lipinski definition) is 4. The van der Waals surface area contributed by atoms with E-state index < -0.39 is 10.1 Å². The maximum absolute atomic E-state index is 10.8. The minimum absolute atomic E-state index is 0.130. The van der Waals surface area contributed by atoms with Crippen molar-refractivity contribution in [1.29, 1.82) is 5.26 Å². The molecular weight excluding hydrogens is 214 g/mol. The topological polar surface area (TPSA) is 67.2 Å². The number of nitriles is 1. The first-order chi connectivity index (χ1) is 6.99. The van der Waals surface area contributed by atoms with Crippen LogP contribution in [0.4, 0.5) is 0 Å². The number of hydrogen-bond donors (Lipinski definition) is 0. The lowest BCUT2D eigenvalue weighted by Gasteiger charge is -2.13. The van der Waals surface area contributed by atoms with Crippen LogP contribution in [0.15, 0.2) is 12.7 Å². The molecule has 0 heterocycles. The molecular formula is C10H17NO3S. The highest BCUT2D eigenvalue weighted by Gasteiger charge is 2.10. The second kappa shape index (κ2) is 7.43. The van der Waals surface area contributed by atoms with Crippen LogP contribution < -0.4 is 0 Å². The van der Waals surface area contributed by atoms with Crippen molar-refractivity contribution in [2.75, 3.05) is 12.9 Å². The summed E-state index contributed by atoms with van der Waals surface area (Å²) in [7, 11) is -3.37. The highest BCUT2D eigenvalue weighted by Crippen LogP contribution is 2.14. The van der Waals surface area contributed by atoms with Crippen molar-refractivity contribution in [3.05, 3.63) is 12.7 Å². The van der Waals surface area contributed by atoms with Crippen molar-refractivity contribution in [1.82, 2.24) is 0 Å². The zero-order valence-electron chi connectivity index (χ0n) is 8.98. The normalized spacial score (nSPS) is 13.1. The first-order valence-electron chi connectivity index (χ1n) is 4.82. The number of nitrogens with zero attached hydrogens (tertiary/aromatic N) is 1. The fraction of sp³-hybridized carbons (Fsp3) is 0.700. The molecule has 0 fully saturated rings. The second-order valence-corrected chi connectivity index (χ2v) is 5.07. The van der Waals surface area contributed by atoms with Gasteiger partial charge in [0.05, 0.1) is 18.9 Å². The molecule has 86 valence electrons. The highest BCUT2D eigenvalue weighted by molar-refractivity contribution is 7.85. The summed E-state index contributed by atoms with van der Waals surface area (Å²) in [5, 5.41) is 8.37. The summed E-state index contributed by atoms with van der Waals surface area (Å²) in [6.45, 7) is 3.78. The van der Waals surface area contributed by atoms with Crippen LogP contribution in [0, 0.1) is 17.2 Å². The van der Waals surface area contributed by atoms with Gasteiger partial charge in [0.25, 0.3) is 10.1 Å². The summed E-state index contributed by atoms with van der Waals surface area (Å²) in [4.78, 5) is 0. The summed E-state index contributed by atoms with van der Waals surface area (Å²) in [5.74, 6) is 0.130. The van der Waals surface area contributed by atoms with Gasteiger partial charge >= 0.3 is 0 Å². The molecule has 0 N–H and O–H groups in total. The summed E-state index contributed by atoms with van der Waals surface area (Å²) in [5.41, 5.74) is 0. The summed E-state index contributed by atoms with van der Waals surface area (Å²) < 4.78 is 26.3. The smallest absolute Gasteiger partial charge is 0.264 e. The minimum atomic E-state index is -3.37. The zero-order chi connectivity index (χ0) is 11.7. The molecule has 0 spiro atoms. The molecule has 5 heteroatoms. The van der Waals surface area contributed by atoms with Gasteiger partial charge in [-0.05, 0) is 25.2 Å². The lowest BCUT2D eigenvalue weighted by atomic mass is 10.00. The maximum Gasteiger partial charge on any atom is 0.264 e. The van der Waals surface area contributed by atoms with Crippen LogP contribution in [0.1, 0.15) is 25.7 Å². The third kappa shape index (κ3) is 9.44. The van der Waals surface area contributed by atoms with E-state index in [9.17, 15) is 8.42 Å². The molecule has 4 nitrogen and oxygen atoms in total. The molecule has 0 aromatic heterocycles. The fourth-order valence-corrected chi connectivity index (χ4v) is 1.63. The van der Waals surface area contributed by atoms with Gasteiger partial charge in [-0.1, -0.05) is 6.08 Å². The van der Waals surface area contributed by atoms with Gasteiger partial charge < -0.3 is 0 Å². The second-order valence-electron chi connectivity index (χ2n) is 3.43. The Morgan fingerprint density at radius 2 is 2.27 bits per heavy atom. The average molecular weight is 231 g/mol. The van der Waals surface area contributed by atoms with Crippen molar-refractivity contribution in [3.8, 4) is 6.07 Å². The van der Waals surface area contributed by atoms with Gasteiger partial charge in [-0.2, -0.15) is 13.7 Å². The Balaban J connectivity index is 3.94. The first kappa shape index (κ1) is 14.1. The third-order valence-electron chi connectivity index (χ3n) is 1.92. The fourth-order valence-electron chi connectivity index (χ4n) is 1.19. The predicted molar refractivity (Wildman–Crippen MR) is 58.6 cm³/mol. The van der Waals surface area contributed by atoms with Crippen molar-refractivity contribution in [2.45, 2.75) is 25.7 Å². The molecule has 0 bridgehead atoms. The van der Waals surface area contributed by atoms with E-state index in [1.807, 2.05) is 0 Å². The van der Waals surface area contributed by atoms with Gasteiger partial charge in [0.1, 0.15) is 0 Å². The van der Waals surface area contributed by atoms with Crippen molar-refractivity contribution in [3.63, 3.8) is 0 Å². The van der Waals surface area contributed by atoms with E-state index in [0.717, 1.165) is 19.1 Å². The number of allylic oxidation sites excluding steroid dienone is 1. The molecule has 0 rings (SSSR count). The van der Waals surface area contributed by atoms with Crippen LogP contribution in [0.3, 0.4) is 0 Å². The molecule has 0 aromatic rings. The van der Waals surface area contributed by atoms with Crippen LogP contribution in [-0.4, -0.2) is 21.3 Å². The standard InChI is InChI=1S/C10H17NO3S/c1-3-6-10(7-4-5-8-11)9-14-15(2,12)13/h3,10H,1,4-7,9H2,2H3. The monoisotopic (exact) mass is 231 g/mol. The molecule has 0 aliphatic rings. The van der Waals surface area contributed by atoms with Crippen LogP contribution in [-0.2, 0) is 14.3 Å². The Morgan fingerprint density at radius 3 is 2.73 bits per heavy atom. The van der Waals surface area contributed by atoms with Gasteiger partial charge in [0, 0.05) is 6.42 Å². The largest absolute Gasteiger partial charge is 0.270 e. The molecule has 0 aliphatic carbocycles. The number of unbranched alkanes of at least 4 members (excludes halogenated alkanes) is 1. The zero-order valence-corrected chi connectivity index (χ0v) is 9.79. The number of rotatable bonds is 8. The van der Waals surface area contributed by atoms with E-state index >= 15 is 0 Å². The van der Waals surface area contributed by atoms with E-state index in [4.69, 9.17) is 9.44 Å². The SMILES string of the molecule is C=CCC(CCCC#N)COS(C)(=O)=O. The minimum Gasteiger partial charge on any atom is -0.270 e. The Bertz CT molecular complexity index is 316. The molecule has 0 saturated carbocycles. The quantitative estimate of drug-likeness (QED) is 0.363. The Hall–Kier alpha value is -0.860. The summed E-state index contributed by atoms with van der Waals surface area (Å²) in [6.07, 6.45) is 5.53. The Morgan fingerprint density at radius 1 is 1.60 bits per heavy atom. The van der Waals surface area contributed by atoms with Gasteiger partial charge in [-0.15, -0.1) is 6.58 Å². The van der Waals surface area contributed by atoms with E-state index in [-0.39, 0.29) is 12.5 Å². The third-order valence-corrected chi connectivity index (χ3v) is 2.48. The molecule has 0 aliphatic heterocycles. The van der Waals surface area contributed by atoms with Crippen LogP contribution >= 0.6 is 0 Å². The van der Waals surface area contributed by atoms with E-state index in [1.54, 1.807) is 6.08 Å². The average Bonchev–Trinajstić information content (AvgIpc) is 2.13. The highest BCUT2D eigenvalue weighted by atomic mass is 32.2. The summed E-state index contributed by atoms with van der Waals surface area (Å²) >= 11 is 0. The van der Waals surface area contributed by atoms with Gasteiger partial charge in [-0.3, -0.25) is 4.18 Å². The lowest BCUT2D eigenvalue weighted by Crippen LogP contribution is -2.13. The lowest BCUT2D eigenvalue weighted by molar-refractivity contribution is 0.246. The van der Waals surface area contributed by atoms with Crippen LogP contribution in [0.5, 0.6) is 0 Å². The van der Waals surface area contributed by atoms with Gasteiger partial charge in [0.15, 0.2) is 0 Å².